The number of aryl methyl sites for hydroxylation is 1. The van der Waals surface area contributed by atoms with Gasteiger partial charge >= 0.3 is 5.97 Å². The van der Waals surface area contributed by atoms with E-state index in [0.717, 1.165) is 16.8 Å². The normalized spacial score (nSPS) is 13.8. The summed E-state index contributed by atoms with van der Waals surface area (Å²) < 4.78 is 0. The van der Waals surface area contributed by atoms with Crippen molar-refractivity contribution in [2.75, 3.05) is 0 Å². The summed E-state index contributed by atoms with van der Waals surface area (Å²) in [6.07, 6.45) is 2.07. The van der Waals surface area contributed by atoms with E-state index in [0.29, 0.717) is 6.42 Å². The van der Waals surface area contributed by atoms with Gasteiger partial charge in [0.05, 0.1) is 5.41 Å². The zero-order chi connectivity index (χ0) is 13.9. The van der Waals surface area contributed by atoms with Crippen molar-refractivity contribution in [3.8, 4) is 0 Å². The molecule has 1 heterocycles. The Labute approximate surface area is 112 Å². The number of pyridine rings is 1. The molecule has 1 unspecified atom stereocenters. The standard InChI is InChI=1S/C16H17NO2/c1-12-7-3-4-9-14(12)16(2,15(18)19)11-13-8-5-6-10-17-13/h3-10H,11H2,1-2H3,(H,18,19). The third-order valence-corrected chi connectivity index (χ3v) is 3.47. The SMILES string of the molecule is Cc1ccccc1C(C)(Cc1ccccn1)C(=O)O. The molecule has 0 bridgehead atoms. The lowest BCUT2D eigenvalue weighted by Crippen LogP contribution is -2.35. The molecular weight excluding hydrogens is 238 g/mol. The van der Waals surface area contributed by atoms with Crippen molar-refractivity contribution in [2.45, 2.75) is 25.7 Å². The summed E-state index contributed by atoms with van der Waals surface area (Å²) in [6, 6.07) is 13.2. The van der Waals surface area contributed by atoms with Gasteiger partial charge in [-0.1, -0.05) is 30.3 Å². The van der Waals surface area contributed by atoms with Crippen LogP contribution in [0.25, 0.3) is 0 Å². The van der Waals surface area contributed by atoms with E-state index in [2.05, 4.69) is 4.98 Å². The van der Waals surface area contributed by atoms with E-state index in [1.807, 2.05) is 49.4 Å². The van der Waals surface area contributed by atoms with Crippen LogP contribution < -0.4 is 0 Å². The zero-order valence-electron chi connectivity index (χ0n) is 11.1. The molecule has 3 heteroatoms. The second-order valence-corrected chi connectivity index (χ2v) is 4.95. The average molecular weight is 255 g/mol. The number of aromatic nitrogens is 1. The first-order valence-electron chi connectivity index (χ1n) is 6.23. The van der Waals surface area contributed by atoms with Crippen molar-refractivity contribution < 1.29 is 9.90 Å². The Morgan fingerprint density at radius 1 is 1.21 bits per heavy atom. The third kappa shape index (κ3) is 2.65. The number of nitrogens with zero attached hydrogens (tertiary/aromatic N) is 1. The summed E-state index contributed by atoms with van der Waals surface area (Å²) in [7, 11) is 0. The second-order valence-electron chi connectivity index (χ2n) is 4.95. The molecule has 0 aliphatic heterocycles. The molecule has 0 spiro atoms. The lowest BCUT2D eigenvalue weighted by atomic mass is 9.76. The van der Waals surface area contributed by atoms with Crippen molar-refractivity contribution in [1.82, 2.24) is 4.98 Å². The highest BCUT2D eigenvalue weighted by Crippen LogP contribution is 2.30. The van der Waals surface area contributed by atoms with Gasteiger partial charge in [-0.3, -0.25) is 9.78 Å². The van der Waals surface area contributed by atoms with Gasteiger partial charge < -0.3 is 5.11 Å². The monoisotopic (exact) mass is 255 g/mol. The molecule has 0 aliphatic rings. The second kappa shape index (κ2) is 5.22. The van der Waals surface area contributed by atoms with Gasteiger partial charge in [0.1, 0.15) is 0 Å². The Morgan fingerprint density at radius 2 is 1.89 bits per heavy atom. The fourth-order valence-electron chi connectivity index (χ4n) is 2.34. The molecule has 0 saturated carbocycles. The maximum atomic E-state index is 11.8. The van der Waals surface area contributed by atoms with Crippen LogP contribution in [-0.4, -0.2) is 16.1 Å². The van der Waals surface area contributed by atoms with Crippen molar-refractivity contribution in [2.24, 2.45) is 0 Å². The summed E-state index contributed by atoms with van der Waals surface area (Å²) in [4.78, 5) is 16.0. The highest BCUT2D eigenvalue weighted by Gasteiger charge is 2.36. The molecular formula is C16H17NO2. The molecule has 2 rings (SSSR count). The Bertz CT molecular complexity index is 580. The highest BCUT2D eigenvalue weighted by molar-refractivity contribution is 5.81. The Balaban J connectivity index is 2.45. The molecule has 2 aromatic rings. The predicted molar refractivity (Wildman–Crippen MR) is 74.1 cm³/mol. The van der Waals surface area contributed by atoms with E-state index in [-0.39, 0.29) is 0 Å². The highest BCUT2D eigenvalue weighted by atomic mass is 16.4. The third-order valence-electron chi connectivity index (χ3n) is 3.47. The molecule has 0 amide bonds. The van der Waals surface area contributed by atoms with Gasteiger partial charge in [-0.15, -0.1) is 0 Å². The molecule has 0 radical (unpaired) electrons. The van der Waals surface area contributed by atoms with Gasteiger partial charge in [-0.25, -0.2) is 0 Å². The number of rotatable bonds is 4. The predicted octanol–water partition coefficient (Wildman–Crippen LogP) is 2.98. The van der Waals surface area contributed by atoms with Crippen LogP contribution in [-0.2, 0) is 16.6 Å². The first-order valence-corrected chi connectivity index (χ1v) is 6.23. The Kier molecular flexibility index (Phi) is 3.65. The van der Waals surface area contributed by atoms with E-state index in [1.165, 1.54) is 0 Å². The molecule has 3 nitrogen and oxygen atoms in total. The van der Waals surface area contributed by atoms with Crippen molar-refractivity contribution in [1.29, 1.82) is 0 Å². The average Bonchev–Trinajstić information content (AvgIpc) is 2.40. The first-order chi connectivity index (χ1) is 9.04. The molecule has 0 aliphatic carbocycles. The van der Waals surface area contributed by atoms with E-state index in [1.54, 1.807) is 13.1 Å². The molecule has 19 heavy (non-hydrogen) atoms. The topological polar surface area (TPSA) is 50.2 Å². The lowest BCUT2D eigenvalue weighted by Gasteiger charge is -2.26. The van der Waals surface area contributed by atoms with Gasteiger partial charge in [-0.05, 0) is 37.1 Å². The number of carboxylic acid groups (broad SMARTS) is 1. The van der Waals surface area contributed by atoms with E-state index >= 15 is 0 Å². The molecule has 1 atom stereocenters. The van der Waals surface area contributed by atoms with Gasteiger partial charge in [0.25, 0.3) is 0 Å². The van der Waals surface area contributed by atoms with Crippen LogP contribution >= 0.6 is 0 Å². The summed E-state index contributed by atoms with van der Waals surface area (Å²) in [5.41, 5.74) is 1.66. The fourth-order valence-corrected chi connectivity index (χ4v) is 2.34. The number of hydrogen-bond acceptors (Lipinski definition) is 2. The van der Waals surface area contributed by atoms with E-state index in [9.17, 15) is 9.90 Å². The summed E-state index contributed by atoms with van der Waals surface area (Å²) in [6.45, 7) is 3.70. The molecule has 98 valence electrons. The van der Waals surface area contributed by atoms with Crippen LogP contribution in [0.5, 0.6) is 0 Å². The molecule has 0 fully saturated rings. The van der Waals surface area contributed by atoms with E-state index < -0.39 is 11.4 Å². The van der Waals surface area contributed by atoms with Crippen LogP contribution in [0.2, 0.25) is 0 Å². The Morgan fingerprint density at radius 3 is 2.47 bits per heavy atom. The number of benzene rings is 1. The number of hydrogen-bond donors (Lipinski definition) is 1. The smallest absolute Gasteiger partial charge is 0.314 e. The van der Waals surface area contributed by atoms with Crippen LogP contribution in [0.15, 0.2) is 48.7 Å². The quantitative estimate of drug-likeness (QED) is 0.913. The summed E-state index contributed by atoms with van der Waals surface area (Å²) >= 11 is 0. The van der Waals surface area contributed by atoms with Crippen LogP contribution in [0.3, 0.4) is 0 Å². The molecule has 1 N–H and O–H groups in total. The minimum absolute atomic E-state index is 0.383. The van der Waals surface area contributed by atoms with E-state index in [4.69, 9.17) is 0 Å². The molecule has 1 aromatic carbocycles. The first kappa shape index (κ1) is 13.3. The largest absolute Gasteiger partial charge is 0.481 e. The van der Waals surface area contributed by atoms with Crippen molar-refractivity contribution in [3.05, 3.63) is 65.5 Å². The fraction of sp³-hybridized carbons (Fsp3) is 0.250. The maximum absolute atomic E-state index is 11.8. The zero-order valence-corrected chi connectivity index (χ0v) is 11.1. The van der Waals surface area contributed by atoms with Crippen LogP contribution in [0, 0.1) is 6.92 Å². The minimum Gasteiger partial charge on any atom is -0.481 e. The van der Waals surface area contributed by atoms with Gasteiger partial charge in [0.15, 0.2) is 0 Å². The van der Waals surface area contributed by atoms with Crippen molar-refractivity contribution >= 4 is 5.97 Å². The Hall–Kier alpha value is -2.16. The maximum Gasteiger partial charge on any atom is 0.314 e. The van der Waals surface area contributed by atoms with Gasteiger partial charge in [0, 0.05) is 18.3 Å². The van der Waals surface area contributed by atoms with Gasteiger partial charge in [-0.2, -0.15) is 0 Å². The minimum atomic E-state index is -0.959. The lowest BCUT2D eigenvalue weighted by molar-refractivity contribution is -0.143. The molecule has 1 aromatic heterocycles. The number of carboxylic acids is 1. The van der Waals surface area contributed by atoms with Crippen molar-refractivity contribution in [3.63, 3.8) is 0 Å². The molecule has 0 saturated heterocycles. The number of aliphatic carboxylic acids is 1. The van der Waals surface area contributed by atoms with Gasteiger partial charge in [0.2, 0.25) is 0 Å². The summed E-state index contributed by atoms with van der Waals surface area (Å²) in [5, 5.41) is 9.64. The van der Waals surface area contributed by atoms with Crippen LogP contribution in [0.4, 0.5) is 0 Å². The summed E-state index contributed by atoms with van der Waals surface area (Å²) in [5.74, 6) is -0.826. The number of carbonyl (C=O) groups is 1. The van der Waals surface area contributed by atoms with Crippen LogP contribution in [0.1, 0.15) is 23.7 Å².